The third-order valence-electron chi connectivity index (χ3n) is 5.93. The summed E-state index contributed by atoms with van der Waals surface area (Å²) in [6.45, 7) is 7.31. The van der Waals surface area contributed by atoms with Gasteiger partial charge >= 0.3 is 0 Å². The Hall–Kier alpha value is -3.17. The molecule has 1 N–H and O–H groups in total. The van der Waals surface area contributed by atoms with Gasteiger partial charge in [0.2, 0.25) is 5.91 Å². The Morgan fingerprint density at radius 2 is 1.28 bits per heavy atom. The fraction of sp³-hybridized carbons (Fsp3) is 0.296. The van der Waals surface area contributed by atoms with Gasteiger partial charge in [-0.3, -0.25) is 9.10 Å². The Morgan fingerprint density at radius 1 is 0.778 bits per heavy atom. The molecule has 0 saturated heterocycles. The Bertz CT molecular complexity index is 1410. The molecule has 0 aliphatic rings. The maximum atomic E-state index is 13.6. The molecule has 1 amide bonds. The number of nitrogens with zero attached hydrogens (tertiary/aromatic N) is 1. The molecule has 7 nitrogen and oxygen atoms in total. The van der Waals surface area contributed by atoms with E-state index in [1.54, 1.807) is 43.3 Å². The Balaban J connectivity index is 1.88. The largest absolute Gasteiger partial charge is 0.348 e. The second kappa shape index (κ2) is 10.8. The lowest BCUT2D eigenvalue weighted by molar-refractivity contribution is -0.120. The molecule has 1 atom stereocenters. The van der Waals surface area contributed by atoms with Crippen LogP contribution in [0.3, 0.4) is 0 Å². The predicted molar refractivity (Wildman–Crippen MR) is 142 cm³/mol. The van der Waals surface area contributed by atoms with Crippen molar-refractivity contribution in [2.75, 3.05) is 17.1 Å². The Morgan fingerprint density at radius 3 is 1.78 bits per heavy atom. The van der Waals surface area contributed by atoms with Gasteiger partial charge in [-0.1, -0.05) is 55.8 Å². The van der Waals surface area contributed by atoms with Crippen molar-refractivity contribution in [2.24, 2.45) is 0 Å². The lowest BCUT2D eigenvalue weighted by Gasteiger charge is -2.25. The van der Waals surface area contributed by atoms with E-state index in [0.29, 0.717) is 11.3 Å². The zero-order chi connectivity index (χ0) is 26.7. The first-order valence-electron chi connectivity index (χ1n) is 11.6. The van der Waals surface area contributed by atoms with Crippen LogP contribution in [0.15, 0.2) is 82.6 Å². The predicted octanol–water partition coefficient (Wildman–Crippen LogP) is 4.59. The van der Waals surface area contributed by atoms with Gasteiger partial charge in [0.1, 0.15) is 6.54 Å². The van der Waals surface area contributed by atoms with Crippen molar-refractivity contribution < 1.29 is 21.6 Å². The third kappa shape index (κ3) is 6.53. The van der Waals surface area contributed by atoms with E-state index in [-0.39, 0.29) is 15.7 Å². The van der Waals surface area contributed by atoms with Crippen molar-refractivity contribution >= 4 is 31.5 Å². The third-order valence-corrected chi connectivity index (χ3v) is 8.85. The van der Waals surface area contributed by atoms with Crippen LogP contribution < -0.4 is 9.62 Å². The first-order valence-corrected chi connectivity index (χ1v) is 14.9. The molecule has 0 fully saturated rings. The molecule has 36 heavy (non-hydrogen) atoms. The molecule has 3 aromatic carbocycles. The van der Waals surface area contributed by atoms with Crippen molar-refractivity contribution in [1.29, 1.82) is 0 Å². The summed E-state index contributed by atoms with van der Waals surface area (Å²) in [5.41, 5.74) is 3.07. The first kappa shape index (κ1) is 27.4. The Kier molecular flexibility index (Phi) is 8.26. The zero-order valence-electron chi connectivity index (χ0n) is 21.1. The second-order valence-electron chi connectivity index (χ2n) is 9.20. The molecule has 0 aliphatic carbocycles. The van der Waals surface area contributed by atoms with E-state index >= 15 is 0 Å². The summed E-state index contributed by atoms with van der Waals surface area (Å²) in [6, 6.07) is 19.4. The summed E-state index contributed by atoms with van der Waals surface area (Å²) in [4.78, 5) is 13.3. The van der Waals surface area contributed by atoms with Crippen LogP contribution in [0.5, 0.6) is 0 Å². The maximum Gasteiger partial charge on any atom is 0.264 e. The van der Waals surface area contributed by atoms with Gasteiger partial charge in [0, 0.05) is 6.26 Å². The SMILES string of the molecule is Cc1ccc(S(=O)(=O)N(CC(=O)N[C@H](C)c2ccc(S(C)(=O)=O)cc2)c2ccc(C(C)C)cc2)cc1. The van der Waals surface area contributed by atoms with E-state index in [9.17, 15) is 21.6 Å². The highest BCUT2D eigenvalue weighted by molar-refractivity contribution is 7.93. The smallest absolute Gasteiger partial charge is 0.264 e. The van der Waals surface area contributed by atoms with Gasteiger partial charge < -0.3 is 5.32 Å². The topological polar surface area (TPSA) is 101 Å². The van der Waals surface area contributed by atoms with E-state index in [2.05, 4.69) is 5.32 Å². The zero-order valence-corrected chi connectivity index (χ0v) is 22.7. The second-order valence-corrected chi connectivity index (χ2v) is 13.1. The van der Waals surface area contributed by atoms with Gasteiger partial charge in [-0.25, -0.2) is 16.8 Å². The van der Waals surface area contributed by atoms with Crippen LogP contribution in [0.2, 0.25) is 0 Å². The highest BCUT2D eigenvalue weighted by atomic mass is 32.2. The molecule has 0 aliphatic heterocycles. The van der Waals surface area contributed by atoms with Crippen molar-refractivity contribution in [3.8, 4) is 0 Å². The van der Waals surface area contributed by atoms with E-state index in [4.69, 9.17) is 0 Å². The van der Waals surface area contributed by atoms with Crippen molar-refractivity contribution in [2.45, 2.75) is 49.4 Å². The van der Waals surface area contributed by atoms with Crippen LogP contribution in [0.25, 0.3) is 0 Å². The highest BCUT2D eigenvalue weighted by Gasteiger charge is 2.28. The van der Waals surface area contributed by atoms with Crippen molar-refractivity contribution in [1.82, 2.24) is 5.32 Å². The minimum Gasteiger partial charge on any atom is -0.348 e. The number of anilines is 1. The summed E-state index contributed by atoms with van der Waals surface area (Å²) in [5.74, 6) is -0.210. The number of aryl methyl sites for hydroxylation is 1. The van der Waals surface area contributed by atoms with E-state index in [1.807, 2.05) is 32.9 Å². The molecule has 3 aromatic rings. The van der Waals surface area contributed by atoms with Gasteiger partial charge in [-0.05, 0) is 67.3 Å². The van der Waals surface area contributed by atoms with Crippen LogP contribution in [0.1, 0.15) is 49.4 Å². The molecule has 0 radical (unpaired) electrons. The Labute approximate surface area is 214 Å². The number of carbonyl (C=O) groups is 1. The summed E-state index contributed by atoms with van der Waals surface area (Å²) >= 11 is 0. The molecule has 0 saturated carbocycles. The number of sulfone groups is 1. The molecule has 9 heteroatoms. The monoisotopic (exact) mass is 528 g/mol. The minimum absolute atomic E-state index is 0.0956. The van der Waals surface area contributed by atoms with E-state index in [0.717, 1.165) is 21.7 Å². The minimum atomic E-state index is -4.02. The molecule has 0 spiro atoms. The molecule has 0 unspecified atom stereocenters. The fourth-order valence-electron chi connectivity index (χ4n) is 3.68. The van der Waals surface area contributed by atoms with Crippen LogP contribution in [0.4, 0.5) is 5.69 Å². The summed E-state index contributed by atoms with van der Waals surface area (Å²) < 4.78 is 51.7. The number of hydrogen-bond acceptors (Lipinski definition) is 5. The van der Waals surface area contributed by atoms with Crippen LogP contribution in [-0.2, 0) is 24.7 Å². The van der Waals surface area contributed by atoms with Crippen LogP contribution in [-0.4, -0.2) is 35.5 Å². The van der Waals surface area contributed by atoms with Gasteiger partial charge in [0.15, 0.2) is 9.84 Å². The molecule has 192 valence electrons. The van der Waals surface area contributed by atoms with Crippen LogP contribution in [0, 0.1) is 6.92 Å². The average molecular weight is 529 g/mol. The van der Waals surface area contributed by atoms with Gasteiger partial charge in [0.25, 0.3) is 10.0 Å². The molecular formula is C27H32N2O5S2. The summed E-state index contributed by atoms with van der Waals surface area (Å²) in [7, 11) is -7.35. The number of hydrogen-bond donors (Lipinski definition) is 1. The highest BCUT2D eigenvalue weighted by Crippen LogP contribution is 2.26. The maximum absolute atomic E-state index is 13.6. The first-order chi connectivity index (χ1) is 16.8. The molecule has 3 rings (SSSR count). The fourth-order valence-corrected chi connectivity index (χ4v) is 5.73. The number of rotatable bonds is 9. The van der Waals surface area contributed by atoms with Gasteiger partial charge in [-0.15, -0.1) is 0 Å². The van der Waals surface area contributed by atoms with Gasteiger partial charge in [0.05, 0.1) is 21.5 Å². The number of carbonyl (C=O) groups excluding carboxylic acids is 1. The van der Waals surface area contributed by atoms with E-state index < -0.39 is 38.4 Å². The molecule has 0 heterocycles. The number of nitrogens with one attached hydrogen (secondary N) is 1. The molecule has 0 bridgehead atoms. The molecular weight excluding hydrogens is 496 g/mol. The number of sulfonamides is 1. The lowest BCUT2D eigenvalue weighted by Crippen LogP contribution is -2.41. The quantitative estimate of drug-likeness (QED) is 0.438. The average Bonchev–Trinajstić information content (AvgIpc) is 2.82. The number of amides is 1. The summed E-state index contributed by atoms with van der Waals surface area (Å²) in [5, 5.41) is 2.82. The van der Waals surface area contributed by atoms with E-state index in [1.165, 1.54) is 24.3 Å². The number of benzene rings is 3. The standard InChI is InChI=1S/C27H32N2O5S2/c1-19(2)22-8-12-24(13-9-22)29(36(33,34)26-14-6-20(3)7-15-26)18-27(30)28-21(4)23-10-16-25(17-11-23)35(5,31)32/h6-17,19,21H,18H2,1-5H3,(H,28,30)/t21-/m1/s1. The normalized spacial score (nSPS) is 12.8. The summed E-state index contributed by atoms with van der Waals surface area (Å²) in [6.07, 6.45) is 1.13. The lowest BCUT2D eigenvalue weighted by atomic mass is 10.0. The van der Waals surface area contributed by atoms with Crippen molar-refractivity contribution in [3.05, 3.63) is 89.5 Å². The van der Waals surface area contributed by atoms with Gasteiger partial charge in [-0.2, -0.15) is 0 Å². The molecule has 0 aromatic heterocycles. The van der Waals surface area contributed by atoms with Crippen molar-refractivity contribution in [3.63, 3.8) is 0 Å². The van der Waals surface area contributed by atoms with Crippen LogP contribution >= 0.6 is 0 Å².